The van der Waals surface area contributed by atoms with Crippen LogP contribution < -0.4 is 10.6 Å². The van der Waals surface area contributed by atoms with Gasteiger partial charge in [-0.2, -0.15) is 0 Å². The highest BCUT2D eigenvalue weighted by Crippen LogP contribution is 2.21. The molecule has 1 aromatic heterocycles. The largest absolute Gasteiger partial charge is 0.409 e. The zero-order valence-corrected chi connectivity index (χ0v) is 12.2. The van der Waals surface area contributed by atoms with Crippen LogP contribution in [0.1, 0.15) is 33.3 Å². The average molecular weight is 264 g/mol. The fourth-order valence-electron chi connectivity index (χ4n) is 2.06. The predicted octanol–water partition coefficient (Wildman–Crippen LogP) is 2.29. The Hall–Kier alpha value is -1.78. The van der Waals surface area contributed by atoms with Crippen LogP contribution in [0.5, 0.6) is 0 Å². The summed E-state index contributed by atoms with van der Waals surface area (Å²) in [5.41, 5.74) is 7.38. The molecule has 5 heteroatoms. The molecule has 1 heterocycles. The Morgan fingerprint density at radius 3 is 2.37 bits per heavy atom. The number of rotatable bonds is 6. The highest BCUT2D eigenvalue weighted by molar-refractivity contribution is 6.02. The monoisotopic (exact) mass is 264 g/mol. The highest BCUT2D eigenvalue weighted by atomic mass is 16.4. The quantitative estimate of drug-likeness (QED) is 0.358. The third kappa shape index (κ3) is 4.43. The van der Waals surface area contributed by atoms with Crippen LogP contribution in [0.4, 0.5) is 5.69 Å². The van der Waals surface area contributed by atoms with E-state index < -0.39 is 0 Å². The van der Waals surface area contributed by atoms with Crippen molar-refractivity contribution in [3.63, 3.8) is 0 Å². The Labute approximate surface area is 115 Å². The van der Waals surface area contributed by atoms with Gasteiger partial charge < -0.3 is 15.8 Å². The van der Waals surface area contributed by atoms with Crippen molar-refractivity contribution in [2.24, 2.45) is 22.7 Å². The second-order valence-electron chi connectivity index (χ2n) is 5.57. The molecule has 0 aliphatic rings. The van der Waals surface area contributed by atoms with Crippen molar-refractivity contribution in [1.29, 1.82) is 0 Å². The summed E-state index contributed by atoms with van der Waals surface area (Å²) in [5, 5.41) is 12.0. The van der Waals surface area contributed by atoms with Gasteiger partial charge in [-0.1, -0.05) is 32.9 Å². The number of nitrogens with zero attached hydrogens (tertiary/aromatic N) is 3. The second kappa shape index (κ2) is 6.97. The molecule has 5 nitrogen and oxygen atoms in total. The zero-order valence-electron chi connectivity index (χ0n) is 12.2. The van der Waals surface area contributed by atoms with E-state index in [4.69, 9.17) is 10.9 Å². The van der Waals surface area contributed by atoms with Crippen LogP contribution >= 0.6 is 0 Å². The van der Waals surface area contributed by atoms with Crippen molar-refractivity contribution >= 4 is 11.5 Å². The van der Waals surface area contributed by atoms with Crippen LogP contribution in [0.25, 0.3) is 0 Å². The van der Waals surface area contributed by atoms with Gasteiger partial charge >= 0.3 is 0 Å². The molecular weight excluding hydrogens is 240 g/mol. The van der Waals surface area contributed by atoms with E-state index in [1.807, 2.05) is 0 Å². The highest BCUT2D eigenvalue weighted by Gasteiger charge is 2.16. The van der Waals surface area contributed by atoms with Gasteiger partial charge in [0.25, 0.3) is 0 Å². The van der Waals surface area contributed by atoms with Crippen molar-refractivity contribution in [3.8, 4) is 0 Å². The maximum atomic E-state index is 8.88. The molecule has 1 aromatic rings. The van der Waals surface area contributed by atoms with Gasteiger partial charge in [0.1, 0.15) is 0 Å². The fourth-order valence-corrected chi connectivity index (χ4v) is 2.06. The molecule has 0 radical (unpaired) electrons. The van der Waals surface area contributed by atoms with Crippen molar-refractivity contribution in [3.05, 3.63) is 24.0 Å². The lowest BCUT2D eigenvalue weighted by Gasteiger charge is -2.29. The van der Waals surface area contributed by atoms with E-state index in [0.717, 1.165) is 24.3 Å². The maximum absolute atomic E-state index is 8.88. The second-order valence-corrected chi connectivity index (χ2v) is 5.57. The first-order valence-electron chi connectivity index (χ1n) is 6.62. The van der Waals surface area contributed by atoms with Crippen LogP contribution in [0, 0.1) is 11.8 Å². The molecule has 0 fully saturated rings. The number of aromatic nitrogens is 1. The van der Waals surface area contributed by atoms with Gasteiger partial charge in [-0.15, -0.1) is 0 Å². The molecule has 0 aliphatic carbocycles. The third-order valence-electron chi connectivity index (χ3n) is 2.70. The van der Waals surface area contributed by atoms with Gasteiger partial charge in [-0.25, -0.2) is 0 Å². The predicted molar refractivity (Wildman–Crippen MR) is 78.6 cm³/mol. The number of oxime groups is 1. The van der Waals surface area contributed by atoms with E-state index in [1.54, 1.807) is 18.5 Å². The maximum Gasteiger partial charge on any atom is 0.172 e. The van der Waals surface area contributed by atoms with Crippen molar-refractivity contribution < 1.29 is 5.21 Å². The van der Waals surface area contributed by atoms with Gasteiger partial charge in [0.15, 0.2) is 5.84 Å². The number of hydrogen-bond acceptors (Lipinski definition) is 4. The van der Waals surface area contributed by atoms with Crippen molar-refractivity contribution in [2.45, 2.75) is 27.7 Å². The number of pyridine rings is 1. The minimum absolute atomic E-state index is 0.120. The Bertz CT molecular complexity index is 419. The molecule has 0 atom stereocenters. The molecular formula is C14H24N4O. The number of anilines is 1. The first kappa shape index (κ1) is 15.3. The molecule has 0 saturated heterocycles. The topological polar surface area (TPSA) is 74.7 Å². The van der Waals surface area contributed by atoms with Crippen LogP contribution in [0.2, 0.25) is 0 Å². The van der Waals surface area contributed by atoms with Gasteiger partial charge in [-0.05, 0) is 17.9 Å². The van der Waals surface area contributed by atoms with Crippen LogP contribution in [-0.4, -0.2) is 29.1 Å². The normalized spacial score (nSPS) is 12.2. The standard InChI is InChI=1S/C14H24N4O/c1-10(2)8-18(9-11(3)4)13-7-16-6-5-12(13)14(15)17-19/h5-7,10-11,19H,8-9H2,1-4H3,(H2,15,17). The molecule has 0 aromatic carbocycles. The lowest BCUT2D eigenvalue weighted by Crippen LogP contribution is -2.33. The number of amidine groups is 1. The molecule has 0 saturated carbocycles. The molecule has 0 amide bonds. The summed E-state index contributed by atoms with van der Waals surface area (Å²) in [5.74, 6) is 1.17. The summed E-state index contributed by atoms with van der Waals surface area (Å²) in [7, 11) is 0. The Balaban J connectivity index is 3.14. The average Bonchev–Trinajstić information content (AvgIpc) is 2.36. The molecule has 106 valence electrons. The molecule has 19 heavy (non-hydrogen) atoms. The summed E-state index contributed by atoms with van der Waals surface area (Å²) in [4.78, 5) is 6.41. The Kier molecular flexibility index (Phi) is 5.60. The Morgan fingerprint density at radius 2 is 1.89 bits per heavy atom. The van der Waals surface area contributed by atoms with E-state index in [9.17, 15) is 0 Å². The summed E-state index contributed by atoms with van der Waals surface area (Å²) in [6.07, 6.45) is 3.43. The SMILES string of the molecule is CC(C)CN(CC(C)C)c1cnccc1/C(N)=N/O. The van der Waals surface area contributed by atoms with Gasteiger partial charge in [-0.3, -0.25) is 4.98 Å². The lowest BCUT2D eigenvalue weighted by molar-refractivity contribution is 0.318. The van der Waals surface area contributed by atoms with Crippen LogP contribution in [0.15, 0.2) is 23.6 Å². The molecule has 1 rings (SSSR count). The van der Waals surface area contributed by atoms with Gasteiger partial charge in [0.2, 0.25) is 0 Å². The summed E-state index contributed by atoms with van der Waals surface area (Å²) >= 11 is 0. The number of nitrogens with two attached hydrogens (primary N) is 1. The summed E-state index contributed by atoms with van der Waals surface area (Å²) in [6.45, 7) is 10.5. The molecule has 0 aliphatic heterocycles. The summed E-state index contributed by atoms with van der Waals surface area (Å²) < 4.78 is 0. The third-order valence-corrected chi connectivity index (χ3v) is 2.70. The van der Waals surface area contributed by atoms with E-state index in [-0.39, 0.29) is 5.84 Å². The van der Waals surface area contributed by atoms with Crippen LogP contribution in [0.3, 0.4) is 0 Å². The minimum Gasteiger partial charge on any atom is -0.409 e. The van der Waals surface area contributed by atoms with Crippen LogP contribution in [-0.2, 0) is 0 Å². The lowest BCUT2D eigenvalue weighted by atomic mass is 10.1. The molecule has 3 N–H and O–H groups in total. The van der Waals surface area contributed by atoms with Crippen molar-refractivity contribution in [1.82, 2.24) is 4.98 Å². The Morgan fingerprint density at radius 1 is 1.32 bits per heavy atom. The van der Waals surface area contributed by atoms with Gasteiger partial charge in [0.05, 0.1) is 11.9 Å². The smallest absolute Gasteiger partial charge is 0.172 e. The number of hydrogen-bond donors (Lipinski definition) is 2. The summed E-state index contributed by atoms with van der Waals surface area (Å²) in [6, 6.07) is 1.78. The van der Waals surface area contributed by atoms with E-state index in [1.165, 1.54) is 0 Å². The molecule has 0 bridgehead atoms. The molecule has 0 spiro atoms. The van der Waals surface area contributed by atoms with E-state index >= 15 is 0 Å². The zero-order chi connectivity index (χ0) is 14.4. The van der Waals surface area contributed by atoms with E-state index in [2.05, 4.69) is 42.7 Å². The first-order valence-corrected chi connectivity index (χ1v) is 6.62. The molecule has 0 unspecified atom stereocenters. The fraction of sp³-hybridized carbons (Fsp3) is 0.571. The van der Waals surface area contributed by atoms with E-state index in [0.29, 0.717) is 11.8 Å². The van der Waals surface area contributed by atoms with Gasteiger partial charge in [0, 0.05) is 24.8 Å². The van der Waals surface area contributed by atoms with Crippen molar-refractivity contribution in [2.75, 3.05) is 18.0 Å². The first-order chi connectivity index (χ1) is 8.95. The minimum atomic E-state index is 0.120.